The summed E-state index contributed by atoms with van der Waals surface area (Å²) < 4.78 is 51.2. The molecule has 3 nitrogen and oxygen atoms in total. The van der Waals surface area contributed by atoms with Gasteiger partial charge in [-0.05, 0) is 43.6 Å². The summed E-state index contributed by atoms with van der Waals surface area (Å²) in [7, 11) is 0. The average molecular weight is 305 g/mol. The van der Waals surface area contributed by atoms with Crippen LogP contribution in [0, 0.1) is 11.7 Å². The molecule has 1 saturated heterocycles. The van der Waals surface area contributed by atoms with Gasteiger partial charge in [-0.1, -0.05) is 6.07 Å². The van der Waals surface area contributed by atoms with Crippen molar-refractivity contribution in [1.29, 1.82) is 0 Å². The van der Waals surface area contributed by atoms with Crippen LogP contribution in [-0.2, 0) is 6.54 Å². The minimum Gasteiger partial charge on any atom is -0.478 e. The van der Waals surface area contributed by atoms with Gasteiger partial charge in [-0.2, -0.15) is 13.2 Å². The van der Waals surface area contributed by atoms with E-state index in [1.54, 1.807) is 0 Å². The number of carboxylic acids is 1. The van der Waals surface area contributed by atoms with Gasteiger partial charge < -0.3 is 5.11 Å². The van der Waals surface area contributed by atoms with Crippen molar-refractivity contribution in [1.82, 2.24) is 4.90 Å². The number of carbonyl (C=O) groups is 1. The topological polar surface area (TPSA) is 40.5 Å². The minimum atomic E-state index is -4.15. The zero-order chi connectivity index (χ0) is 15.6. The molecule has 0 saturated carbocycles. The van der Waals surface area contributed by atoms with E-state index >= 15 is 0 Å². The Hall–Kier alpha value is -1.63. The first-order valence-corrected chi connectivity index (χ1v) is 6.58. The number of alkyl halides is 3. The number of rotatable bonds is 3. The van der Waals surface area contributed by atoms with Gasteiger partial charge in [0.05, 0.1) is 11.5 Å². The maximum Gasteiger partial charge on any atom is 0.391 e. The van der Waals surface area contributed by atoms with Gasteiger partial charge in [-0.15, -0.1) is 0 Å². The smallest absolute Gasteiger partial charge is 0.391 e. The molecule has 1 N–H and O–H groups in total. The molecule has 1 fully saturated rings. The molecule has 0 aliphatic carbocycles. The van der Waals surface area contributed by atoms with Crippen LogP contribution in [0.15, 0.2) is 18.2 Å². The van der Waals surface area contributed by atoms with E-state index in [-0.39, 0.29) is 12.8 Å². The number of carboxylic acid groups (broad SMARTS) is 1. The van der Waals surface area contributed by atoms with Crippen molar-refractivity contribution < 1.29 is 27.5 Å². The number of halogens is 4. The van der Waals surface area contributed by atoms with Gasteiger partial charge in [0.1, 0.15) is 5.82 Å². The van der Waals surface area contributed by atoms with Crippen molar-refractivity contribution in [2.24, 2.45) is 5.92 Å². The summed E-state index contributed by atoms with van der Waals surface area (Å²) in [5.74, 6) is -3.44. The van der Waals surface area contributed by atoms with Crippen molar-refractivity contribution in [3.05, 3.63) is 35.1 Å². The Balaban J connectivity index is 1.95. The molecule has 116 valence electrons. The summed E-state index contributed by atoms with van der Waals surface area (Å²) >= 11 is 0. The zero-order valence-electron chi connectivity index (χ0n) is 11.2. The molecular weight excluding hydrogens is 290 g/mol. The van der Waals surface area contributed by atoms with Gasteiger partial charge >= 0.3 is 12.1 Å². The SMILES string of the molecule is O=C(O)c1ccc(CN2CCC(C(F)(F)F)CC2)cc1F. The molecule has 1 aromatic rings. The molecule has 0 spiro atoms. The van der Waals surface area contributed by atoms with Crippen LogP contribution < -0.4 is 0 Å². The Bertz CT molecular complexity index is 522. The quantitative estimate of drug-likeness (QED) is 0.871. The third-order valence-electron chi connectivity index (χ3n) is 3.72. The average Bonchev–Trinajstić information content (AvgIpc) is 2.38. The predicted molar refractivity (Wildman–Crippen MR) is 67.4 cm³/mol. The first kappa shape index (κ1) is 15.8. The minimum absolute atomic E-state index is 0.0409. The largest absolute Gasteiger partial charge is 0.478 e. The summed E-state index contributed by atoms with van der Waals surface area (Å²) in [6.45, 7) is 0.917. The van der Waals surface area contributed by atoms with E-state index in [9.17, 15) is 22.4 Å². The number of hydrogen-bond acceptors (Lipinski definition) is 2. The Kier molecular flexibility index (Phi) is 4.51. The number of piperidine rings is 1. The highest BCUT2D eigenvalue weighted by molar-refractivity contribution is 5.87. The molecule has 2 rings (SSSR count). The highest BCUT2D eigenvalue weighted by Gasteiger charge is 2.40. The van der Waals surface area contributed by atoms with Crippen LogP contribution in [0.1, 0.15) is 28.8 Å². The van der Waals surface area contributed by atoms with Crippen LogP contribution in [0.2, 0.25) is 0 Å². The third-order valence-corrected chi connectivity index (χ3v) is 3.72. The fourth-order valence-corrected chi connectivity index (χ4v) is 2.51. The van der Waals surface area contributed by atoms with Crippen LogP contribution in [-0.4, -0.2) is 35.2 Å². The lowest BCUT2D eigenvalue weighted by molar-refractivity contribution is -0.185. The van der Waals surface area contributed by atoms with Crippen molar-refractivity contribution in [2.45, 2.75) is 25.6 Å². The van der Waals surface area contributed by atoms with Gasteiger partial charge in [-0.3, -0.25) is 4.90 Å². The van der Waals surface area contributed by atoms with Gasteiger partial charge in [0.15, 0.2) is 0 Å². The predicted octanol–water partition coefficient (Wildman–Crippen LogP) is 3.30. The fourth-order valence-electron chi connectivity index (χ4n) is 2.51. The number of aromatic carboxylic acids is 1. The molecule has 7 heteroatoms. The molecule has 1 aliphatic heterocycles. The van der Waals surface area contributed by atoms with E-state index in [1.165, 1.54) is 12.1 Å². The highest BCUT2D eigenvalue weighted by atomic mass is 19.4. The van der Waals surface area contributed by atoms with E-state index in [0.29, 0.717) is 25.2 Å². The monoisotopic (exact) mass is 305 g/mol. The molecule has 1 aliphatic rings. The zero-order valence-corrected chi connectivity index (χ0v) is 11.2. The lowest BCUT2D eigenvalue weighted by Gasteiger charge is -2.32. The van der Waals surface area contributed by atoms with E-state index in [4.69, 9.17) is 5.11 Å². The number of benzene rings is 1. The van der Waals surface area contributed by atoms with Crippen molar-refractivity contribution in [3.8, 4) is 0 Å². The van der Waals surface area contributed by atoms with E-state index in [2.05, 4.69) is 0 Å². The molecule has 0 radical (unpaired) electrons. The first-order chi connectivity index (χ1) is 9.77. The molecule has 21 heavy (non-hydrogen) atoms. The van der Waals surface area contributed by atoms with Crippen molar-refractivity contribution in [2.75, 3.05) is 13.1 Å². The van der Waals surface area contributed by atoms with Crippen molar-refractivity contribution in [3.63, 3.8) is 0 Å². The maximum absolute atomic E-state index is 13.5. The summed E-state index contributed by atoms with van der Waals surface area (Å²) in [4.78, 5) is 12.5. The molecule has 0 unspecified atom stereocenters. The normalized spacial score (nSPS) is 17.9. The first-order valence-electron chi connectivity index (χ1n) is 6.58. The Labute approximate surface area is 119 Å². The van der Waals surface area contributed by atoms with Gasteiger partial charge in [0, 0.05) is 6.54 Å². The van der Waals surface area contributed by atoms with Crippen LogP contribution in [0.25, 0.3) is 0 Å². The van der Waals surface area contributed by atoms with Crippen LogP contribution >= 0.6 is 0 Å². The molecule has 0 amide bonds. The summed E-state index contributed by atoms with van der Waals surface area (Å²) in [5, 5.41) is 8.73. The molecule has 0 aromatic heterocycles. The maximum atomic E-state index is 13.5. The number of hydrogen-bond donors (Lipinski definition) is 1. The summed E-state index contributed by atoms with van der Waals surface area (Å²) in [6.07, 6.45) is -4.07. The summed E-state index contributed by atoms with van der Waals surface area (Å²) in [5.41, 5.74) is 0.150. The number of nitrogens with zero attached hydrogens (tertiary/aromatic N) is 1. The second-order valence-electron chi connectivity index (χ2n) is 5.21. The van der Waals surface area contributed by atoms with E-state index in [1.807, 2.05) is 4.90 Å². The standard InChI is InChI=1S/C14H15F4NO2/c15-12-7-9(1-2-11(12)13(20)21)8-19-5-3-10(4-6-19)14(16,17)18/h1-2,7,10H,3-6,8H2,(H,20,21). The Morgan fingerprint density at radius 2 is 1.90 bits per heavy atom. The van der Waals surface area contributed by atoms with Crippen LogP contribution in [0.4, 0.5) is 17.6 Å². The van der Waals surface area contributed by atoms with Gasteiger partial charge in [0.25, 0.3) is 0 Å². The molecule has 0 atom stereocenters. The van der Waals surface area contributed by atoms with E-state index < -0.39 is 29.4 Å². The molecule has 1 heterocycles. The van der Waals surface area contributed by atoms with E-state index in [0.717, 1.165) is 6.07 Å². The van der Waals surface area contributed by atoms with Crippen molar-refractivity contribution >= 4 is 5.97 Å². The Morgan fingerprint density at radius 3 is 2.38 bits per heavy atom. The van der Waals surface area contributed by atoms with Gasteiger partial charge in [0.2, 0.25) is 0 Å². The molecular formula is C14H15F4NO2. The van der Waals surface area contributed by atoms with Crippen LogP contribution in [0.3, 0.4) is 0 Å². The lowest BCUT2D eigenvalue weighted by Crippen LogP contribution is -2.38. The molecule has 1 aromatic carbocycles. The second kappa shape index (κ2) is 6.01. The lowest BCUT2D eigenvalue weighted by atomic mass is 9.96. The fraction of sp³-hybridized carbons (Fsp3) is 0.500. The Morgan fingerprint density at radius 1 is 1.29 bits per heavy atom. The highest BCUT2D eigenvalue weighted by Crippen LogP contribution is 2.34. The number of likely N-dealkylation sites (tertiary alicyclic amines) is 1. The molecule has 0 bridgehead atoms. The van der Waals surface area contributed by atoms with Gasteiger partial charge in [-0.25, -0.2) is 9.18 Å². The second-order valence-corrected chi connectivity index (χ2v) is 5.21. The summed E-state index contributed by atoms with van der Waals surface area (Å²) in [6, 6.07) is 3.79. The van der Waals surface area contributed by atoms with Crippen LogP contribution in [0.5, 0.6) is 0 Å². The third kappa shape index (κ3) is 3.93.